The van der Waals surface area contributed by atoms with Crippen molar-refractivity contribution in [2.24, 2.45) is 10.7 Å². The summed E-state index contributed by atoms with van der Waals surface area (Å²) in [6, 6.07) is 5.69. The van der Waals surface area contributed by atoms with Crippen molar-refractivity contribution >= 4 is 24.5 Å². The molecule has 0 fully saturated rings. The van der Waals surface area contributed by atoms with E-state index >= 15 is 0 Å². The van der Waals surface area contributed by atoms with E-state index in [-0.39, 0.29) is 6.04 Å². The Hall–Kier alpha value is -3.49. The maximum atomic E-state index is 6.32. The van der Waals surface area contributed by atoms with Crippen molar-refractivity contribution in [2.75, 3.05) is 20.2 Å². The summed E-state index contributed by atoms with van der Waals surface area (Å²) >= 11 is 0. The minimum atomic E-state index is 0.0189. The van der Waals surface area contributed by atoms with Gasteiger partial charge in [0.1, 0.15) is 17.4 Å². The van der Waals surface area contributed by atoms with Gasteiger partial charge < -0.3 is 26.5 Å². The molecule has 0 radical (unpaired) electrons. The number of amidine groups is 1. The first-order chi connectivity index (χ1) is 16.4. The molecule has 6 N–H and O–H groups in total. The summed E-state index contributed by atoms with van der Waals surface area (Å²) in [5, 5.41) is 6.68. The first-order valence-electron chi connectivity index (χ1n) is 11.6. The third-order valence-electron chi connectivity index (χ3n) is 5.77. The monoisotopic (exact) mass is 458 g/mol. The van der Waals surface area contributed by atoms with Gasteiger partial charge in [-0.05, 0) is 49.7 Å². The van der Waals surface area contributed by atoms with Crippen LogP contribution in [0.15, 0.2) is 89.2 Å². The summed E-state index contributed by atoms with van der Waals surface area (Å²) in [4.78, 5) is 4.71. The summed E-state index contributed by atoms with van der Waals surface area (Å²) in [6.45, 7) is 14.1. The van der Waals surface area contributed by atoms with E-state index < -0.39 is 0 Å². The van der Waals surface area contributed by atoms with Crippen molar-refractivity contribution in [1.82, 2.24) is 21.5 Å². The average molecular weight is 458 g/mol. The van der Waals surface area contributed by atoms with Crippen LogP contribution >= 0.6 is 0 Å². The van der Waals surface area contributed by atoms with Crippen LogP contribution in [0.4, 0.5) is 5.69 Å². The number of hydrazine groups is 1. The van der Waals surface area contributed by atoms with Gasteiger partial charge in [-0.1, -0.05) is 43.2 Å². The van der Waals surface area contributed by atoms with Gasteiger partial charge in [-0.2, -0.15) is 0 Å². The Morgan fingerprint density at radius 2 is 2.15 bits per heavy atom. The predicted molar refractivity (Wildman–Crippen MR) is 145 cm³/mol. The molecule has 178 valence electrons. The fourth-order valence-electron chi connectivity index (χ4n) is 3.62. The highest BCUT2D eigenvalue weighted by molar-refractivity contribution is 6.44. The number of rotatable bonds is 10. The number of ether oxygens (including phenoxy) is 1. The summed E-state index contributed by atoms with van der Waals surface area (Å²) in [5.41, 5.74) is 18.2. The summed E-state index contributed by atoms with van der Waals surface area (Å²) in [7, 11) is 2.57. The van der Waals surface area contributed by atoms with Crippen LogP contribution in [-0.4, -0.2) is 39.4 Å². The number of benzene rings is 1. The quantitative estimate of drug-likeness (QED) is 0.160. The van der Waals surface area contributed by atoms with Gasteiger partial charge in [0.15, 0.2) is 7.28 Å². The molecule has 0 aliphatic carbocycles. The molecule has 2 heterocycles. The number of nitrogens with one attached hydrogen (secondary N) is 4. The largest absolute Gasteiger partial charge is 0.497 e. The Balaban J connectivity index is 1.80. The van der Waals surface area contributed by atoms with Gasteiger partial charge in [0.05, 0.1) is 18.8 Å². The highest BCUT2D eigenvalue weighted by atomic mass is 16.5. The second-order valence-corrected chi connectivity index (χ2v) is 8.14. The predicted octanol–water partition coefficient (Wildman–Crippen LogP) is 2.98. The topological polar surface area (TPSA) is 95.7 Å². The van der Waals surface area contributed by atoms with Crippen LogP contribution in [0.5, 0.6) is 5.75 Å². The third kappa shape index (κ3) is 6.53. The lowest BCUT2D eigenvalue weighted by Crippen LogP contribution is -2.35. The Bertz CT molecular complexity index is 1080. The molecule has 0 saturated heterocycles. The van der Waals surface area contributed by atoms with Gasteiger partial charge in [0, 0.05) is 23.4 Å². The van der Waals surface area contributed by atoms with Gasteiger partial charge >= 0.3 is 0 Å². The first-order valence-corrected chi connectivity index (χ1v) is 11.6. The van der Waals surface area contributed by atoms with Crippen molar-refractivity contribution in [3.63, 3.8) is 0 Å². The number of nitrogens with zero attached hydrogens (tertiary/aromatic N) is 1. The number of nitrogens with two attached hydrogens (primary N) is 1. The molecule has 1 unspecified atom stereocenters. The molecule has 8 heteroatoms. The Kier molecular flexibility index (Phi) is 8.96. The highest BCUT2D eigenvalue weighted by Gasteiger charge is 2.18. The fourth-order valence-corrected chi connectivity index (χ4v) is 3.62. The van der Waals surface area contributed by atoms with Crippen LogP contribution in [0, 0.1) is 0 Å². The molecule has 1 atom stereocenters. The van der Waals surface area contributed by atoms with E-state index in [1.54, 1.807) is 7.11 Å². The number of hydrogen-bond donors (Lipinski definition) is 5. The zero-order valence-electron chi connectivity index (χ0n) is 20.4. The minimum absolute atomic E-state index is 0.0189. The molecule has 2 aliphatic rings. The standard InChI is InChI=1S/C26H35BN6O/c1-6-19(10-9-17(2)27-4)24-15-25(33-32-24)30-18(3)22-14-21(34-5)11-12-23(22)31-26(28)20-8-7-13-29-16-20/h6,8-12,14-15,24,27,29-30,32-33H,2-3,7,13,16H2,1,4-5H3,(H2,28,31)/b10-9-,19-6+. The van der Waals surface area contributed by atoms with Crippen LogP contribution in [0.2, 0.25) is 6.82 Å². The lowest BCUT2D eigenvalue weighted by Gasteiger charge is -2.16. The molecule has 7 nitrogen and oxygen atoms in total. The van der Waals surface area contributed by atoms with Crippen LogP contribution in [0.1, 0.15) is 18.9 Å². The van der Waals surface area contributed by atoms with Crippen molar-refractivity contribution in [3.8, 4) is 5.75 Å². The van der Waals surface area contributed by atoms with Gasteiger partial charge in [-0.3, -0.25) is 0 Å². The second kappa shape index (κ2) is 12.1. The lowest BCUT2D eigenvalue weighted by molar-refractivity contribution is 0.414. The molecular weight excluding hydrogens is 423 g/mol. The number of aliphatic imine (C=N–C) groups is 1. The minimum Gasteiger partial charge on any atom is -0.497 e. The Morgan fingerprint density at radius 1 is 1.32 bits per heavy atom. The van der Waals surface area contributed by atoms with Crippen molar-refractivity contribution in [3.05, 3.63) is 89.7 Å². The van der Waals surface area contributed by atoms with E-state index in [0.29, 0.717) is 11.5 Å². The van der Waals surface area contributed by atoms with Gasteiger partial charge in [0.2, 0.25) is 0 Å². The summed E-state index contributed by atoms with van der Waals surface area (Å²) in [5.74, 6) is 2.03. The molecule has 0 saturated carbocycles. The molecule has 34 heavy (non-hydrogen) atoms. The normalized spacial score (nSPS) is 18.7. The Morgan fingerprint density at radius 3 is 2.82 bits per heavy atom. The number of allylic oxidation sites excluding steroid dienone is 3. The first kappa shape index (κ1) is 25.1. The lowest BCUT2D eigenvalue weighted by atomic mass is 9.73. The van der Waals surface area contributed by atoms with Crippen LogP contribution in [-0.2, 0) is 0 Å². The van der Waals surface area contributed by atoms with Gasteiger partial charge in [-0.15, -0.1) is 6.58 Å². The molecule has 0 aromatic heterocycles. The molecule has 0 spiro atoms. The van der Waals surface area contributed by atoms with Gasteiger partial charge in [-0.25, -0.2) is 10.4 Å². The molecule has 1 aromatic carbocycles. The van der Waals surface area contributed by atoms with Crippen molar-refractivity contribution in [2.45, 2.75) is 26.2 Å². The molecule has 0 amide bonds. The smallest absolute Gasteiger partial charge is 0.153 e. The maximum absolute atomic E-state index is 6.32. The molecular formula is C26H35BN6O. The molecule has 3 rings (SSSR count). The van der Waals surface area contributed by atoms with E-state index in [1.165, 1.54) is 0 Å². The van der Waals surface area contributed by atoms with E-state index in [9.17, 15) is 0 Å². The fraction of sp³-hybridized carbons (Fsp3) is 0.269. The zero-order valence-corrected chi connectivity index (χ0v) is 20.4. The van der Waals surface area contributed by atoms with E-state index in [4.69, 9.17) is 15.5 Å². The zero-order chi connectivity index (χ0) is 24.5. The highest BCUT2D eigenvalue weighted by Crippen LogP contribution is 2.30. The van der Waals surface area contributed by atoms with Crippen LogP contribution in [0.3, 0.4) is 0 Å². The average Bonchev–Trinajstić information content (AvgIpc) is 3.32. The van der Waals surface area contributed by atoms with Gasteiger partial charge in [0.25, 0.3) is 0 Å². The SMILES string of the molecule is C=C(BC)/C=C\C(=C/C)C1C=C(NC(=C)c2cc(OC)ccc2/N=C(\N)C2=CCCNC2)NN1. The van der Waals surface area contributed by atoms with E-state index in [2.05, 4.69) is 71.8 Å². The Labute approximate surface area is 203 Å². The number of methoxy groups -OCH3 is 1. The van der Waals surface area contributed by atoms with Crippen molar-refractivity contribution < 1.29 is 4.74 Å². The maximum Gasteiger partial charge on any atom is 0.153 e. The van der Waals surface area contributed by atoms with E-state index in [1.807, 2.05) is 25.1 Å². The van der Waals surface area contributed by atoms with Crippen molar-refractivity contribution in [1.29, 1.82) is 0 Å². The number of hydrogen-bond acceptors (Lipinski definition) is 6. The van der Waals surface area contributed by atoms with Crippen LogP contribution < -0.4 is 32.0 Å². The van der Waals surface area contributed by atoms with E-state index in [0.717, 1.165) is 66.2 Å². The summed E-state index contributed by atoms with van der Waals surface area (Å²) < 4.78 is 5.44. The van der Waals surface area contributed by atoms with Crippen LogP contribution in [0.25, 0.3) is 5.70 Å². The molecule has 2 aliphatic heterocycles. The third-order valence-corrected chi connectivity index (χ3v) is 5.77. The molecule has 0 bridgehead atoms. The summed E-state index contributed by atoms with van der Waals surface area (Å²) in [6.07, 6.45) is 11.4. The second-order valence-electron chi connectivity index (χ2n) is 8.14. The molecule has 1 aromatic rings.